The van der Waals surface area contributed by atoms with Crippen LogP contribution in [-0.2, 0) is 17.9 Å². The Hall–Kier alpha value is -2.99. The Morgan fingerprint density at radius 2 is 2.17 bits per heavy atom. The minimum atomic E-state index is -0.172. The number of rotatable bonds is 6. The fourth-order valence-electron chi connectivity index (χ4n) is 3.42. The molecule has 0 bridgehead atoms. The maximum Gasteiger partial charge on any atom is 0.226 e. The molecule has 3 heterocycles. The van der Waals surface area contributed by atoms with Crippen molar-refractivity contribution in [3.8, 4) is 5.75 Å². The number of carbonyl (C=O) groups excluding carboxylic acids is 1. The number of H-pyrrole nitrogens is 1. The van der Waals surface area contributed by atoms with Gasteiger partial charge in [-0.25, -0.2) is 4.52 Å². The van der Waals surface area contributed by atoms with Crippen molar-refractivity contribution in [3.05, 3.63) is 65.1 Å². The molecule has 0 aliphatic heterocycles. The van der Waals surface area contributed by atoms with Gasteiger partial charge in [0.15, 0.2) is 0 Å². The predicted molar refractivity (Wildman–Crippen MR) is 112 cm³/mol. The number of hydrogen-bond donors (Lipinski definition) is 2. The molecule has 0 saturated heterocycles. The van der Waals surface area contributed by atoms with Gasteiger partial charge in [0.25, 0.3) is 0 Å². The van der Waals surface area contributed by atoms with E-state index < -0.39 is 0 Å². The van der Waals surface area contributed by atoms with Crippen LogP contribution in [0.15, 0.2) is 48.7 Å². The van der Waals surface area contributed by atoms with Crippen molar-refractivity contribution in [2.24, 2.45) is 5.41 Å². The van der Waals surface area contributed by atoms with E-state index in [0.717, 1.165) is 40.6 Å². The van der Waals surface area contributed by atoms with Crippen molar-refractivity contribution < 1.29 is 9.53 Å². The number of benzene rings is 1. The molecular weight excluding hydrogens is 388 g/mol. The Bertz CT molecular complexity index is 1190. The quantitative estimate of drug-likeness (QED) is 0.494. The Morgan fingerprint density at radius 3 is 2.97 bits per heavy atom. The van der Waals surface area contributed by atoms with Crippen LogP contribution in [0.4, 0.5) is 0 Å². The van der Waals surface area contributed by atoms with E-state index in [1.807, 2.05) is 60.1 Å². The zero-order chi connectivity index (χ0) is 20.0. The highest BCUT2D eigenvalue weighted by Gasteiger charge is 2.44. The van der Waals surface area contributed by atoms with Gasteiger partial charge in [-0.3, -0.25) is 4.79 Å². The Kier molecular flexibility index (Phi) is 4.24. The molecule has 148 valence electrons. The van der Waals surface area contributed by atoms with E-state index in [1.54, 1.807) is 0 Å². The van der Waals surface area contributed by atoms with E-state index in [2.05, 4.69) is 15.4 Å². The number of ether oxygens (including phenoxy) is 1. The van der Waals surface area contributed by atoms with Gasteiger partial charge in [0.05, 0.1) is 17.1 Å². The van der Waals surface area contributed by atoms with E-state index >= 15 is 0 Å². The number of nitrogens with zero attached hydrogens (tertiary/aromatic N) is 2. The third kappa shape index (κ3) is 3.56. The topological polar surface area (TPSA) is 71.4 Å². The number of pyridine rings is 1. The van der Waals surface area contributed by atoms with Gasteiger partial charge in [0.2, 0.25) is 5.91 Å². The second kappa shape index (κ2) is 6.81. The lowest BCUT2D eigenvalue weighted by atomic mass is 10.1. The van der Waals surface area contributed by atoms with Crippen molar-refractivity contribution in [3.63, 3.8) is 0 Å². The Labute approximate surface area is 172 Å². The number of aromatic nitrogens is 3. The number of carbonyl (C=O) groups is 1. The summed E-state index contributed by atoms with van der Waals surface area (Å²) < 4.78 is 7.74. The van der Waals surface area contributed by atoms with Gasteiger partial charge in [-0.15, -0.1) is 0 Å². The lowest BCUT2D eigenvalue weighted by Gasteiger charge is -2.08. The highest BCUT2D eigenvalue weighted by atomic mass is 35.5. The van der Waals surface area contributed by atoms with Gasteiger partial charge >= 0.3 is 0 Å². The second-order valence-corrected chi connectivity index (χ2v) is 8.31. The lowest BCUT2D eigenvalue weighted by Crippen LogP contribution is -2.29. The lowest BCUT2D eigenvalue weighted by molar-refractivity contribution is -0.125. The predicted octanol–water partition coefficient (Wildman–Crippen LogP) is 4.46. The number of amides is 1. The summed E-state index contributed by atoms with van der Waals surface area (Å²) in [5, 5.41) is 9.02. The first-order chi connectivity index (χ1) is 14.0. The van der Waals surface area contributed by atoms with Crippen LogP contribution in [0, 0.1) is 5.41 Å². The highest BCUT2D eigenvalue weighted by molar-refractivity contribution is 6.32. The van der Waals surface area contributed by atoms with Crippen LogP contribution in [0.3, 0.4) is 0 Å². The second-order valence-electron chi connectivity index (χ2n) is 7.90. The summed E-state index contributed by atoms with van der Waals surface area (Å²) in [5.74, 6) is 0.713. The molecule has 0 atom stereocenters. The van der Waals surface area contributed by atoms with Crippen LogP contribution in [0.5, 0.6) is 5.75 Å². The van der Waals surface area contributed by atoms with Gasteiger partial charge in [-0.05, 0) is 43.2 Å². The van der Waals surface area contributed by atoms with Crippen LogP contribution < -0.4 is 10.1 Å². The van der Waals surface area contributed by atoms with Crippen LogP contribution in [0.25, 0.3) is 16.4 Å². The summed E-state index contributed by atoms with van der Waals surface area (Å²) in [6.07, 6.45) is 3.84. The number of aromatic amines is 1. The molecule has 29 heavy (non-hydrogen) atoms. The molecular formula is C22H21ClN4O2. The molecule has 4 aromatic rings. The molecule has 1 aliphatic rings. The molecule has 6 nitrogen and oxygen atoms in total. The fraction of sp³-hybridized carbons (Fsp3) is 0.273. The molecule has 1 aliphatic carbocycles. The van der Waals surface area contributed by atoms with Gasteiger partial charge in [-0.2, -0.15) is 5.10 Å². The molecule has 0 spiro atoms. The van der Waals surface area contributed by atoms with Gasteiger partial charge in [0.1, 0.15) is 18.1 Å². The van der Waals surface area contributed by atoms with Crippen molar-refractivity contribution in [2.45, 2.75) is 32.9 Å². The van der Waals surface area contributed by atoms with E-state index in [-0.39, 0.29) is 11.3 Å². The first kappa shape index (κ1) is 18.1. The van der Waals surface area contributed by atoms with E-state index in [0.29, 0.717) is 23.9 Å². The smallest absolute Gasteiger partial charge is 0.226 e. The van der Waals surface area contributed by atoms with Gasteiger partial charge in [0, 0.05) is 34.3 Å². The first-order valence-corrected chi connectivity index (χ1v) is 10.0. The molecule has 7 heteroatoms. The number of fused-ring (bicyclic) bond motifs is 2. The summed E-state index contributed by atoms with van der Waals surface area (Å²) in [5.41, 5.74) is 3.53. The summed E-state index contributed by atoms with van der Waals surface area (Å²) in [7, 11) is 0. The fourth-order valence-corrected chi connectivity index (χ4v) is 3.64. The monoisotopic (exact) mass is 408 g/mol. The van der Waals surface area contributed by atoms with Crippen molar-refractivity contribution in [1.82, 2.24) is 19.9 Å². The summed E-state index contributed by atoms with van der Waals surface area (Å²) in [6.45, 7) is 2.80. The summed E-state index contributed by atoms with van der Waals surface area (Å²) in [6, 6.07) is 13.7. The minimum Gasteiger partial charge on any atom is -0.486 e. The molecule has 1 saturated carbocycles. The van der Waals surface area contributed by atoms with Crippen molar-refractivity contribution in [1.29, 1.82) is 0 Å². The van der Waals surface area contributed by atoms with E-state index in [1.165, 1.54) is 0 Å². The van der Waals surface area contributed by atoms with Gasteiger partial charge < -0.3 is 15.0 Å². The number of nitrogens with one attached hydrogen (secondary N) is 2. The number of halogens is 1. The maximum absolute atomic E-state index is 12.1. The molecule has 1 amide bonds. The van der Waals surface area contributed by atoms with Crippen LogP contribution in [0.2, 0.25) is 5.02 Å². The normalized spacial score (nSPS) is 15.0. The summed E-state index contributed by atoms with van der Waals surface area (Å²) in [4.78, 5) is 15.5. The Balaban J connectivity index is 1.30. The van der Waals surface area contributed by atoms with Crippen molar-refractivity contribution in [2.75, 3.05) is 0 Å². The standard InChI is InChI=1S/C22H21ClN4O2/c1-22(5-6-22)21(28)24-12-15-8-14-9-18(23)20(11-19(14)25-15)29-13-16-10-17-4-2-3-7-27(17)26-16/h2-4,7-11,25H,5-6,12-13H2,1H3,(H,24,28). The highest BCUT2D eigenvalue weighted by Crippen LogP contribution is 2.45. The molecule has 0 radical (unpaired) electrons. The minimum absolute atomic E-state index is 0.116. The average molecular weight is 409 g/mol. The molecule has 3 aromatic heterocycles. The third-order valence-corrected chi connectivity index (χ3v) is 5.81. The molecule has 1 fully saturated rings. The third-order valence-electron chi connectivity index (χ3n) is 5.51. The Morgan fingerprint density at radius 1 is 1.31 bits per heavy atom. The van der Waals surface area contributed by atoms with Gasteiger partial charge in [-0.1, -0.05) is 24.6 Å². The van der Waals surface area contributed by atoms with E-state index in [9.17, 15) is 4.79 Å². The SMILES string of the molecule is CC1(C(=O)NCc2cc3cc(Cl)c(OCc4cc5ccccn5n4)cc3[nH]2)CC1. The van der Waals surface area contributed by atoms with Crippen LogP contribution in [0.1, 0.15) is 31.2 Å². The molecule has 5 rings (SSSR count). The number of hydrogen-bond acceptors (Lipinski definition) is 3. The first-order valence-electron chi connectivity index (χ1n) is 9.66. The van der Waals surface area contributed by atoms with Crippen LogP contribution in [-0.4, -0.2) is 20.5 Å². The van der Waals surface area contributed by atoms with Crippen LogP contribution >= 0.6 is 11.6 Å². The molecule has 0 unspecified atom stereocenters. The van der Waals surface area contributed by atoms with Crippen molar-refractivity contribution >= 4 is 33.9 Å². The zero-order valence-electron chi connectivity index (χ0n) is 16.0. The largest absolute Gasteiger partial charge is 0.486 e. The average Bonchev–Trinajstić information content (AvgIpc) is 3.15. The zero-order valence-corrected chi connectivity index (χ0v) is 16.8. The molecule has 1 aromatic carbocycles. The maximum atomic E-state index is 12.1. The summed E-state index contributed by atoms with van der Waals surface area (Å²) >= 11 is 6.42. The molecule has 2 N–H and O–H groups in total. The van der Waals surface area contributed by atoms with E-state index in [4.69, 9.17) is 16.3 Å².